The van der Waals surface area contributed by atoms with Crippen molar-refractivity contribution in [3.05, 3.63) is 36.7 Å². The number of halogens is 3. The number of aromatic nitrogens is 1. The molecule has 0 aliphatic heterocycles. The van der Waals surface area contributed by atoms with Gasteiger partial charge in [-0.2, -0.15) is 0 Å². The standard InChI is InChI=1S/C9H9N3.3ClH/c10-12-9-3-1-2-7-4-5-11-6-8(7)9;;;/h1-6,12H,10H2;3*1H. The predicted octanol–water partition coefficient (Wildman–Crippen LogP) is 2.79. The molecule has 0 aliphatic carbocycles. The number of hydrazine groups is 1. The Morgan fingerprint density at radius 2 is 1.80 bits per heavy atom. The van der Waals surface area contributed by atoms with Gasteiger partial charge >= 0.3 is 0 Å². The van der Waals surface area contributed by atoms with E-state index in [0.717, 1.165) is 16.5 Å². The number of nitrogens with two attached hydrogens (primary N) is 1. The van der Waals surface area contributed by atoms with E-state index >= 15 is 0 Å². The molecule has 0 aliphatic rings. The van der Waals surface area contributed by atoms with Gasteiger partial charge in [-0.15, -0.1) is 37.2 Å². The minimum atomic E-state index is 0. The molecular weight excluding hydrogens is 256 g/mol. The highest BCUT2D eigenvalue weighted by molar-refractivity contribution is 5.92. The Balaban J connectivity index is 0. The molecule has 1 heterocycles. The van der Waals surface area contributed by atoms with E-state index in [4.69, 9.17) is 5.84 Å². The van der Waals surface area contributed by atoms with Crippen LogP contribution in [0, 0.1) is 0 Å². The first-order valence-electron chi connectivity index (χ1n) is 3.71. The minimum absolute atomic E-state index is 0. The van der Waals surface area contributed by atoms with E-state index in [0.29, 0.717) is 0 Å². The highest BCUT2D eigenvalue weighted by Crippen LogP contribution is 2.20. The van der Waals surface area contributed by atoms with Gasteiger partial charge < -0.3 is 5.43 Å². The fourth-order valence-electron chi connectivity index (χ4n) is 1.24. The van der Waals surface area contributed by atoms with E-state index in [-0.39, 0.29) is 37.2 Å². The normalized spacial score (nSPS) is 8.07. The van der Waals surface area contributed by atoms with Gasteiger partial charge in [0.2, 0.25) is 0 Å². The summed E-state index contributed by atoms with van der Waals surface area (Å²) in [5.74, 6) is 5.34. The van der Waals surface area contributed by atoms with Gasteiger partial charge in [0.05, 0.1) is 5.69 Å². The zero-order valence-corrected chi connectivity index (χ0v) is 10.2. The Morgan fingerprint density at radius 3 is 2.47 bits per heavy atom. The van der Waals surface area contributed by atoms with E-state index in [2.05, 4.69) is 10.4 Å². The van der Waals surface area contributed by atoms with Crippen LogP contribution in [0.2, 0.25) is 0 Å². The van der Waals surface area contributed by atoms with Crippen molar-refractivity contribution in [1.29, 1.82) is 0 Å². The van der Waals surface area contributed by atoms with Gasteiger partial charge in [-0.05, 0) is 17.5 Å². The quantitative estimate of drug-likeness (QED) is 0.618. The summed E-state index contributed by atoms with van der Waals surface area (Å²) in [6, 6.07) is 7.86. The molecule has 0 bridgehead atoms. The zero-order valence-electron chi connectivity index (χ0n) is 7.71. The number of anilines is 1. The van der Waals surface area contributed by atoms with E-state index in [1.807, 2.05) is 24.3 Å². The van der Waals surface area contributed by atoms with Gasteiger partial charge in [0.25, 0.3) is 0 Å². The van der Waals surface area contributed by atoms with E-state index in [1.165, 1.54) is 0 Å². The molecule has 2 rings (SSSR count). The van der Waals surface area contributed by atoms with Crippen molar-refractivity contribution in [2.45, 2.75) is 0 Å². The fraction of sp³-hybridized carbons (Fsp3) is 0. The van der Waals surface area contributed by atoms with Crippen LogP contribution in [0.15, 0.2) is 36.7 Å². The summed E-state index contributed by atoms with van der Waals surface area (Å²) in [4.78, 5) is 4.03. The molecule has 0 saturated carbocycles. The monoisotopic (exact) mass is 267 g/mol. The Bertz CT molecular complexity index is 403. The molecular formula is C9H12Cl3N3. The first-order valence-corrected chi connectivity index (χ1v) is 3.71. The molecule has 3 N–H and O–H groups in total. The van der Waals surface area contributed by atoms with Gasteiger partial charge in [0.15, 0.2) is 0 Å². The summed E-state index contributed by atoms with van der Waals surface area (Å²) >= 11 is 0. The number of nitrogen functional groups attached to an aromatic ring is 1. The zero-order chi connectivity index (χ0) is 8.39. The molecule has 0 atom stereocenters. The highest BCUT2D eigenvalue weighted by Gasteiger charge is 1.96. The maximum Gasteiger partial charge on any atom is 0.0578 e. The van der Waals surface area contributed by atoms with E-state index in [1.54, 1.807) is 12.4 Å². The smallest absolute Gasteiger partial charge is 0.0578 e. The molecule has 84 valence electrons. The summed E-state index contributed by atoms with van der Waals surface area (Å²) in [7, 11) is 0. The molecule has 0 saturated heterocycles. The number of fused-ring (bicyclic) bond motifs is 1. The number of pyridine rings is 1. The summed E-state index contributed by atoms with van der Waals surface area (Å²) in [6.45, 7) is 0. The van der Waals surface area contributed by atoms with Crippen molar-refractivity contribution in [2.24, 2.45) is 5.84 Å². The molecule has 0 spiro atoms. The second-order valence-corrected chi connectivity index (χ2v) is 2.55. The van der Waals surface area contributed by atoms with Gasteiger partial charge in [0.1, 0.15) is 0 Å². The molecule has 0 fully saturated rings. The first kappa shape index (κ1) is 16.7. The summed E-state index contributed by atoms with van der Waals surface area (Å²) in [6.07, 6.45) is 3.56. The number of nitrogens with zero attached hydrogens (tertiary/aromatic N) is 1. The van der Waals surface area contributed by atoms with Gasteiger partial charge in [0, 0.05) is 17.8 Å². The number of rotatable bonds is 1. The average Bonchev–Trinajstić information content (AvgIpc) is 2.17. The third kappa shape index (κ3) is 3.39. The third-order valence-electron chi connectivity index (χ3n) is 1.84. The lowest BCUT2D eigenvalue weighted by Crippen LogP contribution is -2.06. The van der Waals surface area contributed by atoms with Crippen molar-refractivity contribution >= 4 is 53.7 Å². The summed E-state index contributed by atoms with van der Waals surface area (Å²) < 4.78 is 0. The maximum atomic E-state index is 5.34. The largest absolute Gasteiger partial charge is 0.323 e. The lowest BCUT2D eigenvalue weighted by molar-refractivity contribution is 1.33. The van der Waals surface area contributed by atoms with E-state index in [9.17, 15) is 0 Å². The van der Waals surface area contributed by atoms with Crippen LogP contribution in [0.5, 0.6) is 0 Å². The molecule has 2 aromatic rings. The second-order valence-electron chi connectivity index (χ2n) is 2.55. The lowest BCUT2D eigenvalue weighted by atomic mass is 10.1. The third-order valence-corrected chi connectivity index (χ3v) is 1.84. The second kappa shape index (κ2) is 7.54. The van der Waals surface area contributed by atoms with Crippen LogP contribution >= 0.6 is 37.2 Å². The summed E-state index contributed by atoms with van der Waals surface area (Å²) in [5.41, 5.74) is 3.53. The van der Waals surface area contributed by atoms with Crippen LogP contribution in [0.4, 0.5) is 5.69 Å². The summed E-state index contributed by atoms with van der Waals surface area (Å²) in [5, 5.41) is 2.18. The predicted molar refractivity (Wildman–Crippen MR) is 71.3 cm³/mol. The van der Waals surface area contributed by atoms with Crippen molar-refractivity contribution in [3.63, 3.8) is 0 Å². The van der Waals surface area contributed by atoms with Crippen LogP contribution < -0.4 is 11.3 Å². The fourth-order valence-corrected chi connectivity index (χ4v) is 1.24. The van der Waals surface area contributed by atoms with Crippen LogP contribution in [-0.4, -0.2) is 4.98 Å². The number of hydrogen-bond donors (Lipinski definition) is 2. The number of benzene rings is 1. The van der Waals surface area contributed by atoms with Crippen molar-refractivity contribution in [3.8, 4) is 0 Å². The van der Waals surface area contributed by atoms with Crippen molar-refractivity contribution in [1.82, 2.24) is 4.98 Å². The molecule has 6 heteroatoms. The van der Waals surface area contributed by atoms with Gasteiger partial charge in [-0.25, -0.2) is 0 Å². The van der Waals surface area contributed by atoms with Crippen molar-refractivity contribution < 1.29 is 0 Å². The van der Waals surface area contributed by atoms with Crippen LogP contribution in [0.3, 0.4) is 0 Å². The molecule has 1 aromatic heterocycles. The molecule has 0 unspecified atom stereocenters. The number of hydrogen-bond acceptors (Lipinski definition) is 3. The molecule has 0 radical (unpaired) electrons. The Morgan fingerprint density at radius 1 is 1.07 bits per heavy atom. The Kier molecular flexibility index (Phi) is 8.38. The van der Waals surface area contributed by atoms with Crippen LogP contribution in [-0.2, 0) is 0 Å². The molecule has 1 aromatic carbocycles. The van der Waals surface area contributed by atoms with Gasteiger partial charge in [-0.1, -0.05) is 12.1 Å². The Labute approximate surface area is 107 Å². The van der Waals surface area contributed by atoms with Crippen molar-refractivity contribution in [2.75, 3.05) is 5.43 Å². The first-order chi connectivity index (χ1) is 5.92. The van der Waals surface area contributed by atoms with Crippen LogP contribution in [0.1, 0.15) is 0 Å². The average molecular weight is 269 g/mol. The van der Waals surface area contributed by atoms with E-state index < -0.39 is 0 Å². The highest BCUT2D eigenvalue weighted by atomic mass is 35.5. The number of nitrogens with one attached hydrogen (secondary N) is 1. The SMILES string of the molecule is Cl.Cl.Cl.NNc1cccc2ccncc12. The Hall–Kier alpha value is -0.740. The van der Waals surface area contributed by atoms with Gasteiger partial charge in [-0.3, -0.25) is 10.8 Å². The molecule has 3 nitrogen and oxygen atoms in total. The topological polar surface area (TPSA) is 50.9 Å². The minimum Gasteiger partial charge on any atom is -0.323 e. The van der Waals surface area contributed by atoms with Crippen LogP contribution in [0.25, 0.3) is 10.8 Å². The molecule has 15 heavy (non-hydrogen) atoms. The lowest BCUT2D eigenvalue weighted by Gasteiger charge is -2.03. The maximum absolute atomic E-state index is 5.34. The molecule has 0 amide bonds.